The summed E-state index contributed by atoms with van der Waals surface area (Å²) in [6.45, 7) is 24.2. The Morgan fingerprint density at radius 3 is 1.77 bits per heavy atom. The highest BCUT2D eigenvalue weighted by Crippen LogP contribution is 2.39. The van der Waals surface area contributed by atoms with E-state index in [0.29, 0.717) is 19.4 Å². The molecule has 0 aliphatic heterocycles. The minimum Gasteiger partial charge on any atom is -0.414 e. The second kappa shape index (κ2) is 13.0. The van der Waals surface area contributed by atoms with Crippen LogP contribution in [0.2, 0.25) is 36.3 Å². The van der Waals surface area contributed by atoms with Crippen molar-refractivity contribution in [3.8, 4) is 0 Å². The highest BCUT2D eigenvalue weighted by atomic mass is 32.2. The van der Waals surface area contributed by atoms with Crippen molar-refractivity contribution < 1.29 is 31.1 Å². The summed E-state index contributed by atoms with van der Waals surface area (Å²) in [6.07, 6.45) is 1.47. The van der Waals surface area contributed by atoms with E-state index in [0.717, 1.165) is 11.3 Å². The molecule has 0 aliphatic rings. The number of hydrogen-bond donors (Lipinski definition) is 0. The van der Waals surface area contributed by atoms with Gasteiger partial charge in [0.2, 0.25) is 5.91 Å². The van der Waals surface area contributed by atoms with Crippen molar-refractivity contribution in [1.82, 2.24) is 5.06 Å². The molecule has 0 aromatic carbocycles. The average molecular weight is 556 g/mol. The molecule has 0 bridgehead atoms. The van der Waals surface area contributed by atoms with Gasteiger partial charge in [-0.2, -0.15) is 8.42 Å². The van der Waals surface area contributed by atoms with Gasteiger partial charge in [-0.25, -0.2) is 5.06 Å². The molecule has 0 saturated heterocycles. The van der Waals surface area contributed by atoms with Crippen molar-refractivity contribution in [3.63, 3.8) is 0 Å². The summed E-state index contributed by atoms with van der Waals surface area (Å²) in [6, 6.07) is 0. The van der Waals surface area contributed by atoms with Gasteiger partial charge in [0.15, 0.2) is 16.6 Å². The zero-order valence-corrected chi connectivity index (χ0v) is 27.6. The summed E-state index contributed by atoms with van der Waals surface area (Å²) >= 11 is 0. The predicted molar refractivity (Wildman–Crippen MR) is 148 cm³/mol. The predicted octanol–water partition coefficient (Wildman–Crippen LogP) is 5.57. The maximum atomic E-state index is 12.5. The molecule has 0 spiro atoms. The maximum absolute atomic E-state index is 12.5. The van der Waals surface area contributed by atoms with Gasteiger partial charge in [0.1, 0.15) is 0 Å². The fraction of sp³-hybridized carbons (Fsp3) is 0.958. The standard InChI is InChI=1S/C24H53NO7SSi2/c1-19(22(26)25(8)29-9)17-20(31-33(10,27)28)15-16-21(32-35(13,14)24(5,6)7)18-30-34(11,12)23(2,3)4/h19-21H,15-18H2,1-14H3/t19?,20-,21?/m1/s1. The van der Waals surface area contributed by atoms with Gasteiger partial charge in [-0.3, -0.25) is 13.8 Å². The van der Waals surface area contributed by atoms with E-state index in [1.807, 2.05) is 0 Å². The van der Waals surface area contributed by atoms with Crippen molar-refractivity contribution in [2.24, 2.45) is 5.92 Å². The summed E-state index contributed by atoms with van der Waals surface area (Å²) in [4.78, 5) is 17.5. The molecule has 0 aliphatic carbocycles. The second-order valence-electron chi connectivity index (χ2n) is 12.7. The third kappa shape index (κ3) is 12.2. The number of carbonyl (C=O) groups is 1. The van der Waals surface area contributed by atoms with Crippen molar-refractivity contribution >= 4 is 32.7 Å². The van der Waals surface area contributed by atoms with Crippen LogP contribution in [0.3, 0.4) is 0 Å². The van der Waals surface area contributed by atoms with Crippen molar-refractivity contribution in [3.05, 3.63) is 0 Å². The first-order chi connectivity index (χ1) is 15.4. The van der Waals surface area contributed by atoms with E-state index in [1.165, 1.54) is 14.2 Å². The fourth-order valence-electron chi connectivity index (χ4n) is 3.01. The fourth-order valence-corrected chi connectivity index (χ4v) is 6.08. The lowest BCUT2D eigenvalue weighted by Crippen LogP contribution is -2.48. The van der Waals surface area contributed by atoms with Gasteiger partial charge in [0.25, 0.3) is 10.1 Å². The zero-order valence-electron chi connectivity index (χ0n) is 24.8. The maximum Gasteiger partial charge on any atom is 0.264 e. The Bertz CT molecular complexity index is 774. The molecule has 2 unspecified atom stereocenters. The quantitative estimate of drug-likeness (QED) is 0.157. The van der Waals surface area contributed by atoms with Crippen molar-refractivity contribution in [2.75, 3.05) is 27.0 Å². The van der Waals surface area contributed by atoms with E-state index in [1.54, 1.807) is 6.92 Å². The van der Waals surface area contributed by atoms with Crippen LogP contribution in [-0.2, 0) is 32.8 Å². The van der Waals surface area contributed by atoms with E-state index in [-0.39, 0.29) is 28.5 Å². The third-order valence-corrected chi connectivity index (χ3v) is 17.1. The topological polar surface area (TPSA) is 91.4 Å². The smallest absolute Gasteiger partial charge is 0.264 e. The lowest BCUT2D eigenvalue weighted by molar-refractivity contribution is -0.173. The van der Waals surface area contributed by atoms with Crippen LogP contribution < -0.4 is 0 Å². The molecule has 0 rings (SSSR count). The lowest BCUT2D eigenvalue weighted by atomic mass is 9.98. The Labute approximate surface area is 217 Å². The molecule has 3 atom stereocenters. The second-order valence-corrected chi connectivity index (χ2v) is 23.9. The Morgan fingerprint density at radius 1 is 0.914 bits per heavy atom. The molecule has 8 nitrogen and oxygen atoms in total. The first-order valence-corrected chi connectivity index (χ1v) is 20.1. The molecule has 0 saturated carbocycles. The first-order valence-electron chi connectivity index (χ1n) is 12.4. The number of carbonyl (C=O) groups excluding carboxylic acids is 1. The lowest BCUT2D eigenvalue weighted by Gasteiger charge is -2.42. The number of amides is 1. The van der Waals surface area contributed by atoms with Gasteiger partial charge >= 0.3 is 0 Å². The van der Waals surface area contributed by atoms with Crippen molar-refractivity contribution in [2.45, 2.75) is 116 Å². The Kier molecular flexibility index (Phi) is 12.9. The van der Waals surface area contributed by atoms with Gasteiger partial charge in [-0.05, 0) is 55.5 Å². The zero-order chi connectivity index (χ0) is 28.0. The normalized spacial score (nSPS) is 16.6. The third-order valence-electron chi connectivity index (χ3n) is 7.45. The van der Waals surface area contributed by atoms with Crippen LogP contribution in [0.4, 0.5) is 0 Å². The number of hydrogen-bond acceptors (Lipinski definition) is 7. The molecule has 11 heteroatoms. The molecule has 0 heterocycles. The average Bonchev–Trinajstić information content (AvgIpc) is 2.65. The first kappa shape index (κ1) is 34.7. The molecule has 1 amide bonds. The van der Waals surface area contributed by atoms with Crippen LogP contribution in [0.5, 0.6) is 0 Å². The molecular weight excluding hydrogens is 503 g/mol. The summed E-state index contributed by atoms with van der Waals surface area (Å²) < 4.78 is 42.6. The van der Waals surface area contributed by atoms with Gasteiger partial charge in [0.05, 0.1) is 32.2 Å². The number of nitrogens with zero attached hydrogens (tertiary/aromatic N) is 1. The summed E-state index contributed by atoms with van der Waals surface area (Å²) in [5.41, 5.74) is 0. The van der Waals surface area contributed by atoms with E-state index < -0.39 is 38.8 Å². The molecule has 35 heavy (non-hydrogen) atoms. The molecule has 0 aromatic heterocycles. The molecule has 0 N–H and O–H groups in total. The summed E-state index contributed by atoms with van der Waals surface area (Å²) in [5, 5.41) is 1.24. The largest absolute Gasteiger partial charge is 0.414 e. The van der Waals surface area contributed by atoms with Gasteiger partial charge in [-0.1, -0.05) is 48.5 Å². The van der Waals surface area contributed by atoms with Gasteiger partial charge in [-0.15, -0.1) is 0 Å². The Hall–Kier alpha value is -0.306. The van der Waals surface area contributed by atoms with E-state index >= 15 is 0 Å². The van der Waals surface area contributed by atoms with Crippen LogP contribution in [0.1, 0.15) is 67.7 Å². The minimum absolute atomic E-state index is 0.0244. The highest BCUT2D eigenvalue weighted by molar-refractivity contribution is 7.86. The summed E-state index contributed by atoms with van der Waals surface area (Å²) in [5.74, 6) is -0.695. The molecule has 0 fully saturated rings. The monoisotopic (exact) mass is 555 g/mol. The minimum atomic E-state index is -3.69. The van der Waals surface area contributed by atoms with Crippen LogP contribution in [-0.4, -0.2) is 75.3 Å². The van der Waals surface area contributed by atoms with Gasteiger partial charge in [0, 0.05) is 13.0 Å². The van der Waals surface area contributed by atoms with Crippen LogP contribution in [0, 0.1) is 5.92 Å². The highest BCUT2D eigenvalue weighted by Gasteiger charge is 2.41. The van der Waals surface area contributed by atoms with Crippen LogP contribution in [0.15, 0.2) is 0 Å². The van der Waals surface area contributed by atoms with Crippen LogP contribution in [0.25, 0.3) is 0 Å². The summed E-state index contributed by atoms with van der Waals surface area (Å²) in [7, 11) is -4.84. The number of hydroxylamine groups is 2. The van der Waals surface area contributed by atoms with Crippen LogP contribution >= 0.6 is 0 Å². The SMILES string of the molecule is CON(C)C(=O)C(C)C[C@@H](CCC(CO[Si](C)(C)C(C)(C)C)O[Si](C)(C)C(C)(C)C)OS(C)(=O)=O. The van der Waals surface area contributed by atoms with Crippen molar-refractivity contribution in [1.29, 1.82) is 0 Å². The Balaban J connectivity index is 5.72. The van der Waals surface area contributed by atoms with E-state index in [2.05, 4.69) is 67.7 Å². The Morgan fingerprint density at radius 2 is 1.37 bits per heavy atom. The van der Waals surface area contributed by atoms with E-state index in [9.17, 15) is 13.2 Å². The number of rotatable bonds is 14. The van der Waals surface area contributed by atoms with Gasteiger partial charge < -0.3 is 8.85 Å². The molecule has 0 radical (unpaired) electrons. The molecule has 210 valence electrons. The molecular formula is C24H53NO7SSi2. The van der Waals surface area contributed by atoms with E-state index in [4.69, 9.17) is 17.9 Å². The molecule has 0 aromatic rings.